The van der Waals surface area contributed by atoms with E-state index in [1.54, 1.807) is 0 Å². The van der Waals surface area contributed by atoms with Gasteiger partial charge >= 0.3 is 0 Å². The second-order valence-corrected chi connectivity index (χ2v) is 4.48. The molecule has 1 aromatic rings. The molecule has 14 heavy (non-hydrogen) atoms. The molecule has 1 saturated carbocycles. The lowest BCUT2D eigenvalue weighted by molar-refractivity contribution is 0.327. The first-order valence-corrected chi connectivity index (χ1v) is 5.71. The van der Waals surface area contributed by atoms with Gasteiger partial charge in [-0.3, -0.25) is 4.68 Å². The third kappa shape index (κ3) is 1.36. The molecule has 1 aliphatic carbocycles. The van der Waals surface area contributed by atoms with E-state index in [1.807, 2.05) is 0 Å². The number of hydrogen-bond acceptors (Lipinski definition) is 2. The molecule has 0 aromatic carbocycles. The summed E-state index contributed by atoms with van der Waals surface area (Å²) >= 11 is 0. The molecule has 0 radical (unpaired) electrons. The zero-order chi connectivity index (χ0) is 9.38. The van der Waals surface area contributed by atoms with E-state index in [4.69, 9.17) is 0 Å². The van der Waals surface area contributed by atoms with Crippen LogP contribution < -0.4 is 5.32 Å². The summed E-state index contributed by atoms with van der Waals surface area (Å²) in [5.74, 6) is 0. The van der Waals surface area contributed by atoms with Crippen molar-refractivity contribution in [2.24, 2.45) is 0 Å². The van der Waals surface area contributed by atoms with E-state index in [9.17, 15) is 0 Å². The van der Waals surface area contributed by atoms with Crippen molar-refractivity contribution in [2.75, 3.05) is 0 Å². The highest BCUT2D eigenvalue weighted by atomic mass is 15.3. The predicted octanol–water partition coefficient (Wildman–Crippen LogP) is 1.99. The van der Waals surface area contributed by atoms with E-state index < -0.39 is 0 Å². The molecule has 1 N–H and O–H groups in total. The zero-order valence-electron chi connectivity index (χ0n) is 8.50. The summed E-state index contributed by atoms with van der Waals surface area (Å²) in [7, 11) is 0. The molecular weight excluding hydrogens is 174 g/mol. The monoisotopic (exact) mass is 191 g/mol. The molecule has 0 saturated heterocycles. The lowest BCUT2D eigenvalue weighted by Crippen LogP contribution is -2.14. The first kappa shape index (κ1) is 8.48. The Balaban J connectivity index is 1.82. The number of nitrogens with one attached hydrogen (secondary N) is 1. The fourth-order valence-electron chi connectivity index (χ4n) is 2.61. The topological polar surface area (TPSA) is 29.9 Å². The van der Waals surface area contributed by atoms with Gasteiger partial charge in [-0.2, -0.15) is 5.10 Å². The molecule has 0 amide bonds. The van der Waals surface area contributed by atoms with Crippen LogP contribution in [-0.4, -0.2) is 9.78 Å². The summed E-state index contributed by atoms with van der Waals surface area (Å²) < 4.78 is 2.23. The molecular formula is C11H17N3. The van der Waals surface area contributed by atoms with Crippen molar-refractivity contribution in [3.8, 4) is 0 Å². The van der Waals surface area contributed by atoms with E-state index in [-0.39, 0.29) is 0 Å². The number of aromatic nitrogens is 2. The highest BCUT2D eigenvalue weighted by Gasteiger charge is 2.20. The van der Waals surface area contributed by atoms with Gasteiger partial charge in [0.25, 0.3) is 0 Å². The molecule has 2 heterocycles. The molecule has 0 spiro atoms. The molecule has 3 nitrogen and oxygen atoms in total. The minimum atomic E-state index is 0.689. The number of nitrogens with zero attached hydrogens (tertiary/aromatic N) is 2. The molecule has 1 aromatic heterocycles. The van der Waals surface area contributed by atoms with Crippen molar-refractivity contribution in [1.29, 1.82) is 0 Å². The Hall–Kier alpha value is -0.830. The Morgan fingerprint density at radius 1 is 1.21 bits per heavy atom. The van der Waals surface area contributed by atoms with Crippen molar-refractivity contribution in [3.63, 3.8) is 0 Å². The third-order valence-electron chi connectivity index (χ3n) is 3.45. The fourth-order valence-corrected chi connectivity index (χ4v) is 2.61. The molecule has 76 valence electrons. The van der Waals surface area contributed by atoms with Crippen molar-refractivity contribution < 1.29 is 0 Å². The minimum absolute atomic E-state index is 0.689. The van der Waals surface area contributed by atoms with Crippen LogP contribution >= 0.6 is 0 Å². The van der Waals surface area contributed by atoms with Gasteiger partial charge in [0.15, 0.2) is 0 Å². The first-order valence-electron chi connectivity index (χ1n) is 5.71. The summed E-state index contributed by atoms with van der Waals surface area (Å²) in [5, 5.41) is 7.99. The van der Waals surface area contributed by atoms with Crippen molar-refractivity contribution in [3.05, 3.63) is 17.5 Å². The van der Waals surface area contributed by atoms with Gasteiger partial charge in [0.2, 0.25) is 0 Å². The standard InChI is InChI=1S/C11H17N3/c1-2-4-10(5-3-1)14-8-9-6-12-7-11(9)13-14/h8,10,12H,1-7H2. The lowest BCUT2D eigenvalue weighted by Gasteiger charge is -2.21. The SMILES string of the molecule is c1c2c(nn1C1CCCCC1)CNC2. The third-order valence-corrected chi connectivity index (χ3v) is 3.45. The van der Waals surface area contributed by atoms with E-state index >= 15 is 0 Å². The summed E-state index contributed by atoms with van der Waals surface area (Å²) in [4.78, 5) is 0. The fraction of sp³-hybridized carbons (Fsp3) is 0.727. The van der Waals surface area contributed by atoms with E-state index in [1.165, 1.54) is 43.4 Å². The number of hydrogen-bond donors (Lipinski definition) is 1. The zero-order valence-corrected chi connectivity index (χ0v) is 8.50. The van der Waals surface area contributed by atoms with E-state index in [2.05, 4.69) is 21.3 Å². The quantitative estimate of drug-likeness (QED) is 0.735. The van der Waals surface area contributed by atoms with Crippen molar-refractivity contribution >= 4 is 0 Å². The van der Waals surface area contributed by atoms with E-state index in [0.29, 0.717) is 6.04 Å². The van der Waals surface area contributed by atoms with Gasteiger partial charge in [0.1, 0.15) is 0 Å². The van der Waals surface area contributed by atoms with Crippen LogP contribution in [-0.2, 0) is 13.1 Å². The molecule has 3 heteroatoms. The van der Waals surface area contributed by atoms with Gasteiger partial charge in [-0.25, -0.2) is 0 Å². The molecule has 1 aliphatic heterocycles. The predicted molar refractivity (Wildman–Crippen MR) is 54.9 cm³/mol. The van der Waals surface area contributed by atoms with Gasteiger partial charge in [0.05, 0.1) is 11.7 Å². The Morgan fingerprint density at radius 3 is 2.86 bits per heavy atom. The van der Waals surface area contributed by atoms with Gasteiger partial charge in [-0.1, -0.05) is 19.3 Å². The highest BCUT2D eigenvalue weighted by Crippen LogP contribution is 2.28. The average Bonchev–Trinajstić information content (AvgIpc) is 2.78. The molecule has 2 aliphatic rings. The summed E-state index contributed by atoms with van der Waals surface area (Å²) in [6.07, 6.45) is 9.09. The highest BCUT2D eigenvalue weighted by molar-refractivity contribution is 5.21. The van der Waals surface area contributed by atoms with E-state index in [0.717, 1.165) is 13.1 Å². The lowest BCUT2D eigenvalue weighted by atomic mass is 9.96. The van der Waals surface area contributed by atoms with Gasteiger partial charge in [-0.15, -0.1) is 0 Å². The van der Waals surface area contributed by atoms with Gasteiger partial charge < -0.3 is 5.32 Å². The number of fused-ring (bicyclic) bond motifs is 1. The molecule has 0 bridgehead atoms. The smallest absolute Gasteiger partial charge is 0.0807 e. The van der Waals surface area contributed by atoms with Crippen molar-refractivity contribution in [1.82, 2.24) is 15.1 Å². The molecule has 0 atom stereocenters. The maximum absolute atomic E-state index is 4.67. The second-order valence-electron chi connectivity index (χ2n) is 4.48. The normalized spacial score (nSPS) is 22.6. The van der Waals surface area contributed by atoms with Crippen LogP contribution in [0.15, 0.2) is 6.20 Å². The molecule has 3 rings (SSSR count). The second kappa shape index (κ2) is 3.39. The summed E-state index contributed by atoms with van der Waals surface area (Å²) in [5.41, 5.74) is 2.69. The van der Waals surface area contributed by atoms with Crippen molar-refractivity contribution in [2.45, 2.75) is 51.2 Å². The Labute approximate surface area is 84.5 Å². The van der Waals surface area contributed by atoms with Crippen LogP contribution in [0.2, 0.25) is 0 Å². The maximum Gasteiger partial charge on any atom is 0.0807 e. The minimum Gasteiger partial charge on any atom is -0.307 e. The van der Waals surface area contributed by atoms with Gasteiger partial charge in [-0.05, 0) is 12.8 Å². The molecule has 1 fully saturated rings. The van der Waals surface area contributed by atoms with Crippen LogP contribution in [0.5, 0.6) is 0 Å². The maximum atomic E-state index is 4.67. The Kier molecular flexibility index (Phi) is 2.05. The van der Waals surface area contributed by atoms with Crippen LogP contribution in [0.25, 0.3) is 0 Å². The van der Waals surface area contributed by atoms with Crippen LogP contribution in [0, 0.1) is 0 Å². The number of rotatable bonds is 1. The summed E-state index contributed by atoms with van der Waals surface area (Å²) in [6.45, 7) is 1.98. The van der Waals surface area contributed by atoms with Crippen LogP contribution in [0.3, 0.4) is 0 Å². The van der Waals surface area contributed by atoms with Gasteiger partial charge in [0, 0.05) is 24.8 Å². The Bertz CT molecular complexity index is 302. The Morgan fingerprint density at radius 2 is 2.07 bits per heavy atom. The van der Waals surface area contributed by atoms with Crippen LogP contribution in [0.4, 0.5) is 0 Å². The largest absolute Gasteiger partial charge is 0.307 e. The van der Waals surface area contributed by atoms with Crippen LogP contribution in [0.1, 0.15) is 49.4 Å². The first-order chi connectivity index (χ1) is 6.93. The molecule has 0 unspecified atom stereocenters. The average molecular weight is 191 g/mol. The summed E-state index contributed by atoms with van der Waals surface area (Å²) in [6, 6.07) is 0.689.